The Morgan fingerprint density at radius 1 is 1.33 bits per heavy atom. The zero-order chi connectivity index (χ0) is 10.7. The van der Waals surface area contributed by atoms with E-state index in [0.29, 0.717) is 0 Å². The molecule has 2 N–H and O–H groups in total. The molecule has 0 amide bonds. The molecule has 3 heteroatoms. The molecule has 1 aromatic heterocycles. The Bertz CT molecular complexity index is 464. The lowest BCUT2D eigenvalue weighted by Crippen LogP contribution is -1.98. The topological polar surface area (TPSA) is 53.1 Å². The standard InChI is InChI=1S/C12H11NO2/c14-11(15)8-10-5-3-1-2-4-9-6-7-13-12(9)10/h1-7,13H,8H2,(H,14,15). The van der Waals surface area contributed by atoms with Gasteiger partial charge >= 0.3 is 5.97 Å². The van der Waals surface area contributed by atoms with E-state index in [1.807, 2.05) is 42.6 Å². The van der Waals surface area contributed by atoms with E-state index < -0.39 is 5.97 Å². The third-order valence-electron chi connectivity index (χ3n) is 2.24. The Balaban J connectivity index is 2.42. The first-order valence-corrected chi connectivity index (χ1v) is 4.71. The minimum Gasteiger partial charge on any atom is -0.481 e. The summed E-state index contributed by atoms with van der Waals surface area (Å²) in [5.74, 6) is -0.820. The molecule has 0 bridgehead atoms. The van der Waals surface area contributed by atoms with Crippen molar-refractivity contribution in [2.45, 2.75) is 6.42 Å². The third-order valence-corrected chi connectivity index (χ3v) is 2.24. The van der Waals surface area contributed by atoms with Crippen LogP contribution in [0.4, 0.5) is 0 Å². The maximum Gasteiger partial charge on any atom is 0.307 e. The number of carbonyl (C=O) groups is 1. The van der Waals surface area contributed by atoms with Crippen LogP contribution in [0.15, 0.2) is 36.6 Å². The number of hydrogen-bond donors (Lipinski definition) is 2. The van der Waals surface area contributed by atoms with Crippen molar-refractivity contribution < 1.29 is 9.90 Å². The number of carboxylic acid groups (broad SMARTS) is 1. The van der Waals surface area contributed by atoms with Gasteiger partial charge in [-0.05, 0) is 17.2 Å². The average Bonchev–Trinajstić information content (AvgIpc) is 2.59. The van der Waals surface area contributed by atoms with Crippen molar-refractivity contribution in [1.29, 1.82) is 0 Å². The van der Waals surface area contributed by atoms with Gasteiger partial charge in [-0.25, -0.2) is 0 Å². The Hall–Kier alpha value is -2.03. The molecule has 1 heterocycles. The maximum absolute atomic E-state index is 10.7. The molecular weight excluding hydrogens is 190 g/mol. The molecular formula is C12H11NO2. The molecule has 0 saturated carbocycles. The molecule has 76 valence electrons. The summed E-state index contributed by atoms with van der Waals surface area (Å²) in [5.41, 5.74) is 2.70. The zero-order valence-electron chi connectivity index (χ0n) is 8.10. The Labute approximate surface area is 87.4 Å². The largest absolute Gasteiger partial charge is 0.481 e. The molecule has 0 radical (unpaired) electrons. The average molecular weight is 201 g/mol. The van der Waals surface area contributed by atoms with Gasteiger partial charge in [0, 0.05) is 11.9 Å². The summed E-state index contributed by atoms with van der Waals surface area (Å²) in [7, 11) is 0. The highest BCUT2D eigenvalue weighted by atomic mass is 16.4. The second-order valence-corrected chi connectivity index (χ2v) is 3.31. The van der Waals surface area contributed by atoms with Crippen LogP contribution in [0.5, 0.6) is 0 Å². The number of fused-ring (bicyclic) bond motifs is 1. The Kier molecular flexibility index (Phi) is 2.54. The van der Waals surface area contributed by atoms with Crippen LogP contribution in [0.2, 0.25) is 0 Å². The van der Waals surface area contributed by atoms with E-state index in [-0.39, 0.29) is 6.42 Å². The predicted molar refractivity (Wildman–Crippen MR) is 59.2 cm³/mol. The molecule has 0 saturated heterocycles. The minimum absolute atomic E-state index is 0.0334. The molecule has 0 unspecified atom stereocenters. The van der Waals surface area contributed by atoms with Gasteiger partial charge in [0.1, 0.15) is 0 Å². The van der Waals surface area contributed by atoms with E-state index in [0.717, 1.165) is 16.8 Å². The van der Waals surface area contributed by atoms with E-state index in [2.05, 4.69) is 4.98 Å². The molecule has 0 spiro atoms. The predicted octanol–water partition coefficient (Wildman–Crippen LogP) is 2.46. The molecule has 0 aromatic carbocycles. The summed E-state index contributed by atoms with van der Waals surface area (Å²) in [6, 6.07) is 1.93. The normalized spacial score (nSPS) is 14.0. The first kappa shape index (κ1) is 9.52. The van der Waals surface area contributed by atoms with Gasteiger partial charge in [-0.15, -0.1) is 0 Å². The van der Waals surface area contributed by atoms with Crippen LogP contribution in [0.1, 0.15) is 17.7 Å². The Morgan fingerprint density at radius 2 is 2.20 bits per heavy atom. The van der Waals surface area contributed by atoms with Gasteiger partial charge in [-0.1, -0.05) is 30.4 Å². The smallest absolute Gasteiger partial charge is 0.307 e. The lowest BCUT2D eigenvalue weighted by Gasteiger charge is -2.05. The second kappa shape index (κ2) is 4.00. The van der Waals surface area contributed by atoms with Crippen molar-refractivity contribution in [1.82, 2.24) is 4.98 Å². The van der Waals surface area contributed by atoms with Crippen molar-refractivity contribution >= 4 is 17.6 Å². The number of aromatic nitrogens is 1. The van der Waals surface area contributed by atoms with Crippen LogP contribution in [-0.2, 0) is 4.79 Å². The molecule has 2 rings (SSSR count). The fourth-order valence-corrected chi connectivity index (χ4v) is 1.59. The number of aliphatic carboxylic acids is 1. The fourth-order valence-electron chi connectivity index (χ4n) is 1.59. The highest BCUT2D eigenvalue weighted by Crippen LogP contribution is 2.23. The quantitative estimate of drug-likeness (QED) is 0.772. The molecule has 0 fully saturated rings. The van der Waals surface area contributed by atoms with Gasteiger partial charge in [0.05, 0.1) is 6.42 Å². The van der Waals surface area contributed by atoms with Crippen molar-refractivity contribution in [2.24, 2.45) is 0 Å². The van der Waals surface area contributed by atoms with Crippen molar-refractivity contribution in [3.8, 4) is 0 Å². The number of hydrogen-bond acceptors (Lipinski definition) is 1. The minimum atomic E-state index is -0.820. The molecule has 15 heavy (non-hydrogen) atoms. The van der Waals surface area contributed by atoms with E-state index in [4.69, 9.17) is 5.11 Å². The summed E-state index contributed by atoms with van der Waals surface area (Å²) in [5, 5.41) is 8.79. The third kappa shape index (κ3) is 2.07. The lowest BCUT2D eigenvalue weighted by molar-refractivity contribution is -0.135. The lowest BCUT2D eigenvalue weighted by atomic mass is 10.0. The van der Waals surface area contributed by atoms with Crippen LogP contribution < -0.4 is 0 Å². The van der Waals surface area contributed by atoms with E-state index in [1.165, 1.54) is 0 Å². The van der Waals surface area contributed by atoms with Crippen LogP contribution in [-0.4, -0.2) is 16.1 Å². The van der Waals surface area contributed by atoms with Gasteiger partial charge in [0.25, 0.3) is 0 Å². The van der Waals surface area contributed by atoms with Crippen LogP contribution >= 0.6 is 0 Å². The fraction of sp³-hybridized carbons (Fsp3) is 0.0833. The summed E-state index contributed by atoms with van der Waals surface area (Å²) in [4.78, 5) is 13.8. The van der Waals surface area contributed by atoms with Gasteiger partial charge in [-0.3, -0.25) is 4.79 Å². The second-order valence-electron chi connectivity index (χ2n) is 3.31. The molecule has 1 aromatic rings. The summed E-state index contributed by atoms with van der Waals surface area (Å²) in [6.07, 6.45) is 11.3. The number of H-pyrrole nitrogens is 1. The molecule has 3 nitrogen and oxygen atoms in total. The van der Waals surface area contributed by atoms with Gasteiger partial charge < -0.3 is 10.1 Å². The summed E-state index contributed by atoms with van der Waals surface area (Å²) in [6.45, 7) is 0. The Morgan fingerprint density at radius 3 is 3.00 bits per heavy atom. The number of carboxylic acids is 1. The molecule has 1 aliphatic rings. The summed E-state index contributed by atoms with van der Waals surface area (Å²) >= 11 is 0. The van der Waals surface area contributed by atoms with Crippen molar-refractivity contribution in [3.05, 3.63) is 47.8 Å². The number of aromatic amines is 1. The first-order valence-electron chi connectivity index (χ1n) is 4.71. The van der Waals surface area contributed by atoms with Crippen LogP contribution in [0.25, 0.3) is 11.6 Å². The monoisotopic (exact) mass is 201 g/mol. The van der Waals surface area contributed by atoms with Crippen LogP contribution in [0.3, 0.4) is 0 Å². The highest BCUT2D eigenvalue weighted by molar-refractivity contribution is 5.86. The van der Waals surface area contributed by atoms with E-state index in [9.17, 15) is 4.79 Å². The number of allylic oxidation sites excluding steroid dienone is 4. The zero-order valence-corrected chi connectivity index (χ0v) is 8.10. The first-order chi connectivity index (χ1) is 7.27. The highest BCUT2D eigenvalue weighted by Gasteiger charge is 2.10. The maximum atomic E-state index is 10.7. The number of rotatable bonds is 2. The SMILES string of the molecule is O=C(O)CC1=CC=CC=Cc2cc[nH]c21. The van der Waals surface area contributed by atoms with Crippen molar-refractivity contribution in [3.63, 3.8) is 0 Å². The van der Waals surface area contributed by atoms with Crippen molar-refractivity contribution in [2.75, 3.05) is 0 Å². The van der Waals surface area contributed by atoms with E-state index >= 15 is 0 Å². The molecule has 0 aliphatic heterocycles. The van der Waals surface area contributed by atoms with Gasteiger partial charge in [-0.2, -0.15) is 0 Å². The van der Waals surface area contributed by atoms with Gasteiger partial charge in [0.2, 0.25) is 0 Å². The van der Waals surface area contributed by atoms with E-state index in [1.54, 1.807) is 0 Å². The van der Waals surface area contributed by atoms with Crippen LogP contribution in [0, 0.1) is 0 Å². The van der Waals surface area contributed by atoms with Gasteiger partial charge in [0.15, 0.2) is 0 Å². The molecule has 1 aliphatic carbocycles. The summed E-state index contributed by atoms with van der Waals surface area (Å²) < 4.78 is 0. The molecule has 0 atom stereocenters. The number of nitrogens with one attached hydrogen (secondary N) is 1.